The van der Waals surface area contributed by atoms with Crippen molar-refractivity contribution in [1.29, 1.82) is 0 Å². The molecular formula is C20H26N2O5S2. The van der Waals surface area contributed by atoms with Gasteiger partial charge in [0.1, 0.15) is 10.6 Å². The van der Waals surface area contributed by atoms with Gasteiger partial charge in [-0.25, -0.2) is 8.42 Å². The second-order valence-electron chi connectivity index (χ2n) is 6.96. The number of ether oxygens (including phenoxy) is 2. The zero-order chi connectivity index (χ0) is 21.0. The lowest BCUT2D eigenvalue weighted by atomic mass is 10.1. The third kappa shape index (κ3) is 4.98. The monoisotopic (exact) mass is 438 g/mol. The van der Waals surface area contributed by atoms with Crippen molar-refractivity contribution >= 4 is 27.3 Å². The lowest BCUT2D eigenvalue weighted by molar-refractivity contribution is -0.129. The van der Waals surface area contributed by atoms with Crippen LogP contribution in [0.4, 0.5) is 0 Å². The van der Waals surface area contributed by atoms with E-state index in [0.717, 1.165) is 10.4 Å². The molecule has 1 aliphatic rings. The lowest BCUT2D eigenvalue weighted by Crippen LogP contribution is -2.40. The van der Waals surface area contributed by atoms with Crippen molar-refractivity contribution < 1.29 is 22.7 Å². The maximum Gasteiger partial charge on any atom is 0.246 e. The average molecular weight is 439 g/mol. The number of morpholine rings is 1. The average Bonchev–Trinajstić information content (AvgIpc) is 3.13. The first kappa shape index (κ1) is 21.8. The van der Waals surface area contributed by atoms with Gasteiger partial charge in [-0.05, 0) is 41.6 Å². The fourth-order valence-electron chi connectivity index (χ4n) is 3.14. The third-order valence-corrected chi connectivity index (χ3v) is 7.87. The van der Waals surface area contributed by atoms with E-state index in [9.17, 15) is 13.2 Å². The summed E-state index contributed by atoms with van der Waals surface area (Å²) < 4.78 is 38.1. The Kier molecular flexibility index (Phi) is 6.94. The van der Waals surface area contributed by atoms with Gasteiger partial charge in [-0.3, -0.25) is 4.79 Å². The summed E-state index contributed by atoms with van der Waals surface area (Å²) in [5.41, 5.74) is 1.80. The van der Waals surface area contributed by atoms with Gasteiger partial charge in [0, 0.05) is 25.0 Å². The van der Waals surface area contributed by atoms with E-state index in [1.54, 1.807) is 41.5 Å². The summed E-state index contributed by atoms with van der Waals surface area (Å²) in [6.07, 6.45) is 0.122. The molecule has 0 N–H and O–H groups in total. The highest BCUT2D eigenvalue weighted by atomic mass is 32.2. The zero-order valence-electron chi connectivity index (χ0n) is 16.9. The Morgan fingerprint density at radius 2 is 2.00 bits per heavy atom. The van der Waals surface area contributed by atoms with Crippen LogP contribution < -0.4 is 4.74 Å². The Labute approximate surface area is 175 Å². The Balaban J connectivity index is 1.79. The number of likely N-dealkylation sites (N-methyl/N-ethyl adjacent to an activating group) is 1. The third-order valence-electron chi connectivity index (χ3n) is 4.95. The topological polar surface area (TPSA) is 76.2 Å². The number of hydrogen-bond acceptors (Lipinski definition) is 6. The van der Waals surface area contributed by atoms with Gasteiger partial charge in [-0.1, -0.05) is 6.07 Å². The highest BCUT2D eigenvalue weighted by Gasteiger charge is 2.29. The van der Waals surface area contributed by atoms with Gasteiger partial charge in [0.2, 0.25) is 15.9 Å². The van der Waals surface area contributed by atoms with Gasteiger partial charge < -0.3 is 14.4 Å². The predicted octanol–water partition coefficient (Wildman–Crippen LogP) is 2.29. The highest BCUT2D eigenvalue weighted by molar-refractivity contribution is 7.89. The van der Waals surface area contributed by atoms with Crippen LogP contribution in [0.5, 0.6) is 5.75 Å². The van der Waals surface area contributed by atoms with Crippen LogP contribution in [0.2, 0.25) is 0 Å². The van der Waals surface area contributed by atoms with E-state index in [1.807, 2.05) is 18.4 Å². The summed E-state index contributed by atoms with van der Waals surface area (Å²) in [7, 11) is -0.524. The van der Waals surface area contributed by atoms with Crippen molar-refractivity contribution in [3.05, 3.63) is 45.6 Å². The van der Waals surface area contributed by atoms with Crippen molar-refractivity contribution in [2.75, 3.05) is 40.5 Å². The molecule has 1 amide bonds. The number of thiophene rings is 1. The summed E-state index contributed by atoms with van der Waals surface area (Å²) in [6, 6.07) is 6.93. The second-order valence-corrected chi connectivity index (χ2v) is 9.86. The van der Waals surface area contributed by atoms with E-state index >= 15 is 0 Å². The first-order chi connectivity index (χ1) is 13.8. The summed E-state index contributed by atoms with van der Waals surface area (Å²) >= 11 is 1.62. The number of methoxy groups -OCH3 is 1. The molecule has 1 aromatic carbocycles. The Bertz CT molecular complexity index is 965. The summed E-state index contributed by atoms with van der Waals surface area (Å²) in [4.78, 5) is 15.6. The van der Waals surface area contributed by atoms with E-state index in [0.29, 0.717) is 38.4 Å². The predicted molar refractivity (Wildman–Crippen MR) is 112 cm³/mol. The fourth-order valence-corrected chi connectivity index (χ4v) is 5.71. The minimum absolute atomic E-state index is 0.0716. The number of amides is 1. The van der Waals surface area contributed by atoms with E-state index in [-0.39, 0.29) is 23.0 Å². The second kappa shape index (κ2) is 9.25. The molecule has 0 radical (unpaired) electrons. The SMILES string of the molecule is COc1ccc(CC(=O)N(C)Cc2sccc2C)cc1S(=O)(=O)N1CCOCC1. The van der Waals surface area contributed by atoms with Gasteiger partial charge in [-0.2, -0.15) is 4.31 Å². The molecule has 1 fully saturated rings. The van der Waals surface area contributed by atoms with Gasteiger partial charge in [0.15, 0.2) is 0 Å². The van der Waals surface area contributed by atoms with Crippen molar-refractivity contribution in [1.82, 2.24) is 9.21 Å². The first-order valence-electron chi connectivity index (χ1n) is 9.34. The number of hydrogen-bond donors (Lipinski definition) is 0. The van der Waals surface area contributed by atoms with Crippen LogP contribution in [-0.2, 0) is 32.5 Å². The van der Waals surface area contributed by atoms with Crippen molar-refractivity contribution in [3.63, 3.8) is 0 Å². The van der Waals surface area contributed by atoms with E-state index < -0.39 is 10.0 Å². The maximum absolute atomic E-state index is 13.1. The van der Waals surface area contributed by atoms with Gasteiger partial charge >= 0.3 is 0 Å². The molecule has 0 aliphatic carbocycles. The Morgan fingerprint density at radius 1 is 1.28 bits per heavy atom. The molecule has 0 saturated carbocycles. The number of aryl methyl sites for hydroxylation is 1. The van der Waals surface area contributed by atoms with E-state index in [2.05, 4.69) is 0 Å². The molecule has 3 rings (SSSR count). The number of nitrogens with zero attached hydrogens (tertiary/aromatic N) is 2. The molecule has 1 saturated heterocycles. The van der Waals surface area contributed by atoms with Gasteiger partial charge in [0.25, 0.3) is 0 Å². The first-order valence-corrected chi connectivity index (χ1v) is 11.7. The standard InChI is InChI=1S/C20H26N2O5S2/c1-15-6-11-28-18(15)14-21(2)20(23)13-16-4-5-17(26-3)19(12-16)29(24,25)22-7-9-27-10-8-22/h4-6,11-12H,7-10,13-14H2,1-3H3. The molecule has 29 heavy (non-hydrogen) atoms. The smallest absolute Gasteiger partial charge is 0.246 e. The molecule has 158 valence electrons. The van der Waals surface area contributed by atoms with Crippen LogP contribution in [0.1, 0.15) is 16.0 Å². The molecular weight excluding hydrogens is 412 g/mol. The molecule has 0 atom stereocenters. The molecule has 1 aromatic heterocycles. The zero-order valence-corrected chi connectivity index (χ0v) is 18.5. The molecule has 1 aliphatic heterocycles. The number of rotatable bonds is 7. The van der Waals surface area contributed by atoms with Crippen molar-refractivity contribution in [3.8, 4) is 5.75 Å². The van der Waals surface area contributed by atoms with Crippen LogP contribution in [0, 0.1) is 6.92 Å². The molecule has 7 nitrogen and oxygen atoms in total. The molecule has 2 aromatic rings. The van der Waals surface area contributed by atoms with Crippen LogP contribution in [0.25, 0.3) is 0 Å². The number of carbonyl (C=O) groups is 1. The summed E-state index contributed by atoms with van der Waals surface area (Å²) in [6.45, 7) is 3.90. The number of benzene rings is 1. The number of sulfonamides is 1. The highest BCUT2D eigenvalue weighted by Crippen LogP contribution is 2.29. The van der Waals surface area contributed by atoms with Crippen LogP contribution in [0.3, 0.4) is 0 Å². The van der Waals surface area contributed by atoms with Crippen molar-refractivity contribution in [2.24, 2.45) is 0 Å². The lowest BCUT2D eigenvalue weighted by Gasteiger charge is -2.27. The fraction of sp³-hybridized carbons (Fsp3) is 0.450. The van der Waals surface area contributed by atoms with Gasteiger partial charge in [0.05, 0.1) is 33.3 Å². The molecule has 9 heteroatoms. The quantitative estimate of drug-likeness (QED) is 0.663. The molecule has 0 bridgehead atoms. The summed E-state index contributed by atoms with van der Waals surface area (Å²) in [5, 5.41) is 2.01. The van der Waals surface area contributed by atoms with Gasteiger partial charge in [-0.15, -0.1) is 11.3 Å². The Morgan fingerprint density at radius 3 is 2.62 bits per heavy atom. The van der Waals surface area contributed by atoms with Crippen LogP contribution in [0.15, 0.2) is 34.5 Å². The Hall–Kier alpha value is -1.94. The maximum atomic E-state index is 13.1. The number of carbonyl (C=O) groups excluding carboxylic acids is 1. The molecule has 0 unspecified atom stereocenters. The van der Waals surface area contributed by atoms with E-state index in [1.165, 1.54) is 11.4 Å². The van der Waals surface area contributed by atoms with Crippen LogP contribution in [-0.4, -0.2) is 64.0 Å². The molecule has 0 spiro atoms. The minimum Gasteiger partial charge on any atom is -0.495 e. The van der Waals surface area contributed by atoms with E-state index in [4.69, 9.17) is 9.47 Å². The van der Waals surface area contributed by atoms with Crippen molar-refractivity contribution in [2.45, 2.75) is 24.8 Å². The largest absolute Gasteiger partial charge is 0.495 e. The molecule has 2 heterocycles. The van der Waals surface area contributed by atoms with Crippen LogP contribution >= 0.6 is 11.3 Å². The minimum atomic E-state index is -3.72. The normalized spacial score (nSPS) is 15.3. The summed E-state index contributed by atoms with van der Waals surface area (Å²) in [5.74, 6) is 0.202.